The first kappa shape index (κ1) is 20.1. The van der Waals surface area contributed by atoms with Gasteiger partial charge in [0.1, 0.15) is 6.17 Å². The average molecular weight is 388 g/mol. The van der Waals surface area contributed by atoms with Crippen molar-refractivity contribution < 1.29 is 9.53 Å². The monoisotopic (exact) mass is 387 g/mol. The summed E-state index contributed by atoms with van der Waals surface area (Å²) in [4.78, 5) is 20.0. The van der Waals surface area contributed by atoms with Crippen molar-refractivity contribution in [2.24, 2.45) is 22.2 Å². The van der Waals surface area contributed by atoms with Gasteiger partial charge in [-0.3, -0.25) is 15.1 Å². The van der Waals surface area contributed by atoms with Gasteiger partial charge in [-0.2, -0.15) is 0 Å². The van der Waals surface area contributed by atoms with Crippen LogP contribution in [0.3, 0.4) is 0 Å². The molecule has 2 aliphatic carbocycles. The van der Waals surface area contributed by atoms with E-state index in [1.165, 1.54) is 37.7 Å². The van der Waals surface area contributed by atoms with Gasteiger partial charge in [-0.05, 0) is 55.4 Å². The number of aliphatic imine (C=N–C) groups is 1. The second-order valence-electron chi connectivity index (χ2n) is 10.2. The highest BCUT2D eigenvalue weighted by atomic mass is 16.5. The van der Waals surface area contributed by atoms with Crippen molar-refractivity contribution in [1.82, 2.24) is 10.2 Å². The lowest BCUT2D eigenvalue weighted by Crippen LogP contribution is -2.49. The quantitative estimate of drug-likeness (QED) is 0.806. The Morgan fingerprint density at radius 3 is 2.79 bits per heavy atom. The first-order valence-corrected chi connectivity index (χ1v) is 11.3. The summed E-state index contributed by atoms with van der Waals surface area (Å²) in [5.41, 5.74) is 2.64. The maximum Gasteiger partial charge on any atom is 0.255 e. The number of nitrogens with zero attached hydrogens (tertiary/aromatic N) is 2. The molecule has 0 aromatic heterocycles. The molecule has 5 nitrogen and oxygen atoms in total. The number of hydrogen-bond donors (Lipinski definition) is 1. The maximum absolute atomic E-state index is 13.1. The molecular formula is C23H37N3O2. The van der Waals surface area contributed by atoms with Gasteiger partial charge < -0.3 is 9.64 Å². The van der Waals surface area contributed by atoms with Crippen molar-refractivity contribution in [3.63, 3.8) is 0 Å². The number of carbonyl (C=O) groups is 1. The average Bonchev–Trinajstić information content (AvgIpc) is 2.67. The van der Waals surface area contributed by atoms with E-state index in [4.69, 9.17) is 9.73 Å². The number of ether oxygens (including phenoxy) is 1. The zero-order valence-corrected chi connectivity index (χ0v) is 17.9. The molecule has 28 heavy (non-hydrogen) atoms. The van der Waals surface area contributed by atoms with E-state index >= 15 is 0 Å². The van der Waals surface area contributed by atoms with Crippen LogP contribution >= 0.6 is 0 Å². The largest absolute Gasteiger partial charge is 0.378 e. The van der Waals surface area contributed by atoms with Crippen LogP contribution in [0.5, 0.6) is 0 Å². The number of morpholine rings is 1. The molecule has 2 aliphatic heterocycles. The summed E-state index contributed by atoms with van der Waals surface area (Å²) >= 11 is 0. The molecule has 1 N–H and O–H groups in total. The van der Waals surface area contributed by atoms with Crippen LogP contribution in [0.2, 0.25) is 0 Å². The minimum absolute atomic E-state index is 0.141. The van der Waals surface area contributed by atoms with Crippen molar-refractivity contribution in [2.45, 2.75) is 77.9 Å². The van der Waals surface area contributed by atoms with E-state index in [0.717, 1.165) is 24.3 Å². The number of carbonyl (C=O) groups excluding carboxylic acids is 1. The van der Waals surface area contributed by atoms with Crippen LogP contribution in [-0.4, -0.2) is 55.5 Å². The van der Waals surface area contributed by atoms with E-state index in [-0.39, 0.29) is 12.1 Å². The first-order valence-electron chi connectivity index (χ1n) is 11.3. The van der Waals surface area contributed by atoms with Crippen molar-refractivity contribution in [1.29, 1.82) is 0 Å². The predicted octanol–water partition coefficient (Wildman–Crippen LogP) is 3.55. The first-order chi connectivity index (χ1) is 13.4. The van der Waals surface area contributed by atoms with Crippen LogP contribution < -0.4 is 5.32 Å². The summed E-state index contributed by atoms with van der Waals surface area (Å²) in [6.45, 7) is 9.86. The second kappa shape index (κ2) is 8.27. The summed E-state index contributed by atoms with van der Waals surface area (Å²) < 4.78 is 5.42. The van der Waals surface area contributed by atoms with Gasteiger partial charge in [0.15, 0.2) is 0 Å². The van der Waals surface area contributed by atoms with Gasteiger partial charge in [0.05, 0.1) is 18.8 Å². The number of amides is 1. The fourth-order valence-corrected chi connectivity index (χ4v) is 6.07. The zero-order valence-electron chi connectivity index (χ0n) is 17.9. The molecule has 2 heterocycles. The Hall–Kier alpha value is -1.20. The Kier molecular flexibility index (Phi) is 5.93. The summed E-state index contributed by atoms with van der Waals surface area (Å²) in [6.07, 6.45) is 10.4. The smallest absolute Gasteiger partial charge is 0.255 e. The highest BCUT2D eigenvalue weighted by Gasteiger charge is 2.38. The minimum Gasteiger partial charge on any atom is -0.378 e. The van der Waals surface area contributed by atoms with E-state index in [1.54, 1.807) is 0 Å². The van der Waals surface area contributed by atoms with Crippen LogP contribution in [0.15, 0.2) is 16.1 Å². The molecule has 0 radical (unpaired) electrons. The molecule has 3 fully saturated rings. The fraction of sp³-hybridized carbons (Fsp3) is 0.826. The normalized spacial score (nSPS) is 35.6. The second-order valence-corrected chi connectivity index (χ2v) is 10.2. The van der Waals surface area contributed by atoms with E-state index < -0.39 is 0 Å². The topological polar surface area (TPSA) is 53.9 Å². The molecule has 156 valence electrons. The Bertz CT molecular complexity index is 648. The highest BCUT2D eigenvalue weighted by Crippen LogP contribution is 2.41. The van der Waals surface area contributed by atoms with E-state index in [0.29, 0.717) is 43.7 Å². The number of hydrogen-bond acceptors (Lipinski definition) is 4. The van der Waals surface area contributed by atoms with Crippen LogP contribution in [0.1, 0.15) is 65.7 Å². The molecule has 4 unspecified atom stereocenters. The molecule has 0 aromatic carbocycles. The minimum atomic E-state index is 0.141. The SMILES string of the molecule is CC1CC(NC2N=CC(C(=O)N3CCOCC3)=C3CCCCC32)CC(C)(C)C1. The lowest BCUT2D eigenvalue weighted by Gasteiger charge is -2.43. The van der Waals surface area contributed by atoms with Gasteiger partial charge in [-0.25, -0.2) is 0 Å². The van der Waals surface area contributed by atoms with Crippen LogP contribution in [0, 0.1) is 17.3 Å². The third-order valence-corrected chi connectivity index (χ3v) is 7.07. The lowest BCUT2D eigenvalue weighted by atomic mass is 9.70. The molecule has 1 amide bonds. The van der Waals surface area contributed by atoms with Crippen LogP contribution in [0.4, 0.5) is 0 Å². The Balaban J connectivity index is 1.49. The van der Waals surface area contributed by atoms with Gasteiger partial charge in [0.25, 0.3) is 5.91 Å². The molecule has 0 bridgehead atoms. The third-order valence-electron chi connectivity index (χ3n) is 7.07. The maximum atomic E-state index is 13.1. The van der Waals surface area contributed by atoms with Gasteiger partial charge in [0, 0.05) is 31.3 Å². The number of fused-ring (bicyclic) bond motifs is 1. The molecule has 2 saturated carbocycles. The predicted molar refractivity (Wildman–Crippen MR) is 112 cm³/mol. The zero-order chi connectivity index (χ0) is 19.7. The van der Waals surface area contributed by atoms with E-state index in [2.05, 4.69) is 26.1 Å². The fourth-order valence-electron chi connectivity index (χ4n) is 6.07. The van der Waals surface area contributed by atoms with Gasteiger partial charge in [0.2, 0.25) is 0 Å². The summed E-state index contributed by atoms with van der Waals surface area (Å²) in [7, 11) is 0. The number of rotatable bonds is 3. The van der Waals surface area contributed by atoms with Gasteiger partial charge in [-0.15, -0.1) is 0 Å². The lowest BCUT2D eigenvalue weighted by molar-refractivity contribution is -0.130. The molecule has 4 aliphatic rings. The molecule has 5 heteroatoms. The van der Waals surface area contributed by atoms with E-state index in [1.807, 2.05) is 11.1 Å². The van der Waals surface area contributed by atoms with Crippen LogP contribution in [-0.2, 0) is 9.53 Å². The summed E-state index contributed by atoms with van der Waals surface area (Å²) in [5, 5.41) is 3.91. The standard InChI is InChI=1S/C23H37N3O2/c1-16-12-17(14-23(2,3)13-16)25-21-19-7-5-4-6-18(19)20(15-24-21)22(27)26-8-10-28-11-9-26/h15-17,19,21,25H,4-14H2,1-3H3. The molecular weight excluding hydrogens is 350 g/mol. The molecule has 0 spiro atoms. The summed E-state index contributed by atoms with van der Waals surface area (Å²) in [6, 6.07) is 0.528. The van der Waals surface area contributed by atoms with Crippen molar-refractivity contribution in [2.75, 3.05) is 26.3 Å². The van der Waals surface area contributed by atoms with Crippen molar-refractivity contribution in [3.05, 3.63) is 11.1 Å². The molecule has 1 saturated heterocycles. The molecule has 0 aromatic rings. The molecule has 4 atom stereocenters. The van der Waals surface area contributed by atoms with Gasteiger partial charge in [-0.1, -0.05) is 27.2 Å². The molecule has 4 rings (SSSR count). The van der Waals surface area contributed by atoms with Gasteiger partial charge >= 0.3 is 0 Å². The Morgan fingerprint density at radius 2 is 2.04 bits per heavy atom. The number of dihydropyridines is 1. The Morgan fingerprint density at radius 1 is 1.25 bits per heavy atom. The Labute approximate surface area is 170 Å². The highest BCUT2D eigenvalue weighted by molar-refractivity contribution is 6.13. The third kappa shape index (κ3) is 4.35. The van der Waals surface area contributed by atoms with Crippen molar-refractivity contribution in [3.8, 4) is 0 Å². The number of nitrogens with one attached hydrogen (secondary N) is 1. The van der Waals surface area contributed by atoms with E-state index in [9.17, 15) is 4.79 Å². The van der Waals surface area contributed by atoms with Crippen LogP contribution in [0.25, 0.3) is 0 Å². The van der Waals surface area contributed by atoms with Crippen molar-refractivity contribution >= 4 is 12.1 Å². The summed E-state index contributed by atoms with van der Waals surface area (Å²) in [5.74, 6) is 1.31.